The first kappa shape index (κ1) is 18.9. The van der Waals surface area contributed by atoms with Crippen LogP contribution in [-0.2, 0) is 14.8 Å². The van der Waals surface area contributed by atoms with Gasteiger partial charge in [0, 0.05) is 24.6 Å². The lowest BCUT2D eigenvalue weighted by atomic mass is 10.2. The van der Waals surface area contributed by atoms with Crippen molar-refractivity contribution in [3.63, 3.8) is 0 Å². The molecule has 0 atom stereocenters. The summed E-state index contributed by atoms with van der Waals surface area (Å²) in [7, 11) is -2.41. The third-order valence-electron chi connectivity index (χ3n) is 4.35. The van der Waals surface area contributed by atoms with Crippen LogP contribution in [0.25, 0.3) is 0 Å². The molecular formula is C19H20N2O5S. The molecule has 2 aromatic rings. The van der Waals surface area contributed by atoms with Crippen LogP contribution in [0.1, 0.15) is 30.1 Å². The minimum absolute atomic E-state index is 0.00651. The van der Waals surface area contributed by atoms with Gasteiger partial charge in [-0.3, -0.25) is 14.3 Å². The van der Waals surface area contributed by atoms with Gasteiger partial charge in [-0.15, -0.1) is 0 Å². The van der Waals surface area contributed by atoms with E-state index in [1.807, 2.05) is 0 Å². The van der Waals surface area contributed by atoms with E-state index in [2.05, 4.69) is 4.72 Å². The van der Waals surface area contributed by atoms with Crippen molar-refractivity contribution < 1.29 is 22.7 Å². The molecule has 0 bridgehead atoms. The van der Waals surface area contributed by atoms with Crippen molar-refractivity contribution in [2.24, 2.45) is 0 Å². The van der Waals surface area contributed by atoms with Crippen LogP contribution in [-0.4, -0.2) is 33.8 Å². The molecule has 0 aromatic heterocycles. The summed E-state index contributed by atoms with van der Waals surface area (Å²) in [6, 6.07) is 10.6. The average Bonchev–Trinajstić information content (AvgIpc) is 3.07. The topological polar surface area (TPSA) is 92.8 Å². The standard InChI is InChI=1S/C19H20N2O5S/c1-13(22)14-5-3-6-16(11-14)27(24,25)20-15-8-9-17(18(12-15)26-2)21-10-4-7-19(21)23/h3,5-6,8-9,11-12,20H,4,7,10H2,1-2H3. The molecule has 27 heavy (non-hydrogen) atoms. The van der Waals surface area contributed by atoms with Gasteiger partial charge in [0.15, 0.2) is 5.78 Å². The first-order valence-electron chi connectivity index (χ1n) is 8.44. The Labute approximate surface area is 158 Å². The van der Waals surface area contributed by atoms with Crippen molar-refractivity contribution in [1.82, 2.24) is 0 Å². The zero-order valence-corrected chi connectivity index (χ0v) is 15.9. The van der Waals surface area contributed by atoms with Crippen LogP contribution in [0.15, 0.2) is 47.4 Å². The molecule has 3 rings (SSSR count). The van der Waals surface area contributed by atoms with E-state index in [-0.39, 0.29) is 16.6 Å². The van der Waals surface area contributed by atoms with Crippen LogP contribution in [0.4, 0.5) is 11.4 Å². The SMILES string of the molecule is COc1cc(NS(=O)(=O)c2cccc(C(C)=O)c2)ccc1N1CCCC1=O. The van der Waals surface area contributed by atoms with Crippen molar-refractivity contribution in [2.75, 3.05) is 23.3 Å². The number of hydrogen-bond acceptors (Lipinski definition) is 5. The van der Waals surface area contributed by atoms with Gasteiger partial charge in [-0.25, -0.2) is 8.42 Å². The second-order valence-electron chi connectivity index (χ2n) is 6.23. The van der Waals surface area contributed by atoms with E-state index in [1.165, 1.54) is 38.3 Å². The highest BCUT2D eigenvalue weighted by Crippen LogP contribution is 2.34. The summed E-state index contributed by atoms with van der Waals surface area (Å²) >= 11 is 0. The second-order valence-corrected chi connectivity index (χ2v) is 7.91. The van der Waals surface area contributed by atoms with E-state index < -0.39 is 10.0 Å². The minimum Gasteiger partial charge on any atom is -0.494 e. The number of benzene rings is 2. The molecule has 0 saturated carbocycles. The maximum atomic E-state index is 12.6. The zero-order chi connectivity index (χ0) is 19.6. The average molecular weight is 388 g/mol. The number of nitrogens with zero attached hydrogens (tertiary/aromatic N) is 1. The van der Waals surface area contributed by atoms with E-state index in [0.717, 1.165) is 6.42 Å². The summed E-state index contributed by atoms with van der Waals surface area (Å²) in [6.45, 7) is 1.99. The molecule has 0 spiro atoms. The van der Waals surface area contributed by atoms with Gasteiger partial charge in [0.2, 0.25) is 5.91 Å². The molecule has 1 amide bonds. The largest absolute Gasteiger partial charge is 0.494 e. The summed E-state index contributed by atoms with van der Waals surface area (Å²) in [4.78, 5) is 25.1. The lowest BCUT2D eigenvalue weighted by Gasteiger charge is -2.20. The van der Waals surface area contributed by atoms with Crippen molar-refractivity contribution in [3.05, 3.63) is 48.0 Å². The van der Waals surface area contributed by atoms with Gasteiger partial charge in [0.25, 0.3) is 10.0 Å². The van der Waals surface area contributed by atoms with Crippen molar-refractivity contribution in [2.45, 2.75) is 24.7 Å². The predicted molar refractivity (Wildman–Crippen MR) is 102 cm³/mol. The summed E-state index contributed by atoms with van der Waals surface area (Å²) in [5, 5.41) is 0. The second kappa shape index (κ2) is 7.40. The van der Waals surface area contributed by atoms with E-state index in [4.69, 9.17) is 4.74 Å². The van der Waals surface area contributed by atoms with E-state index in [9.17, 15) is 18.0 Å². The molecule has 0 unspecified atom stereocenters. The third kappa shape index (κ3) is 3.95. The molecule has 7 nitrogen and oxygen atoms in total. The molecule has 1 saturated heterocycles. The highest BCUT2D eigenvalue weighted by Gasteiger charge is 2.25. The first-order chi connectivity index (χ1) is 12.8. The Morgan fingerprint density at radius 2 is 1.96 bits per heavy atom. The zero-order valence-electron chi connectivity index (χ0n) is 15.1. The minimum atomic E-state index is -3.88. The normalized spacial score (nSPS) is 14.3. The quantitative estimate of drug-likeness (QED) is 0.768. The summed E-state index contributed by atoms with van der Waals surface area (Å²) < 4.78 is 33.1. The molecule has 1 N–H and O–H groups in total. The smallest absolute Gasteiger partial charge is 0.261 e. The van der Waals surface area contributed by atoms with Gasteiger partial charge in [-0.2, -0.15) is 0 Å². The number of carbonyl (C=O) groups excluding carboxylic acids is 2. The number of ether oxygens (including phenoxy) is 1. The Bertz CT molecular complexity index is 1000. The van der Waals surface area contributed by atoms with Gasteiger partial charge < -0.3 is 9.64 Å². The number of sulfonamides is 1. The van der Waals surface area contributed by atoms with Gasteiger partial charge in [-0.05, 0) is 37.6 Å². The Hall–Kier alpha value is -2.87. The van der Waals surface area contributed by atoms with Gasteiger partial charge in [-0.1, -0.05) is 12.1 Å². The lowest BCUT2D eigenvalue weighted by Crippen LogP contribution is -2.24. The van der Waals surface area contributed by atoms with Crippen molar-refractivity contribution in [1.29, 1.82) is 0 Å². The van der Waals surface area contributed by atoms with Gasteiger partial charge >= 0.3 is 0 Å². The summed E-state index contributed by atoms with van der Waals surface area (Å²) in [6.07, 6.45) is 1.27. The molecular weight excluding hydrogens is 368 g/mol. The Morgan fingerprint density at radius 3 is 2.59 bits per heavy atom. The van der Waals surface area contributed by atoms with Gasteiger partial charge in [0.1, 0.15) is 5.75 Å². The molecule has 1 heterocycles. The van der Waals surface area contributed by atoms with Crippen LogP contribution in [0.2, 0.25) is 0 Å². The third-order valence-corrected chi connectivity index (χ3v) is 5.73. The maximum Gasteiger partial charge on any atom is 0.261 e. The van der Waals surface area contributed by atoms with Crippen LogP contribution < -0.4 is 14.4 Å². The molecule has 1 aliphatic rings. The molecule has 1 aliphatic heterocycles. The molecule has 1 fully saturated rings. The Balaban J connectivity index is 1.90. The Kier molecular flexibility index (Phi) is 5.18. The van der Waals surface area contributed by atoms with E-state index >= 15 is 0 Å². The first-order valence-corrected chi connectivity index (χ1v) is 9.92. The van der Waals surface area contributed by atoms with Gasteiger partial charge in [0.05, 0.1) is 23.4 Å². The Morgan fingerprint density at radius 1 is 1.19 bits per heavy atom. The number of amides is 1. The number of anilines is 2. The number of rotatable bonds is 6. The van der Waals surface area contributed by atoms with Crippen molar-refractivity contribution in [3.8, 4) is 5.75 Å². The van der Waals surface area contributed by atoms with E-state index in [1.54, 1.807) is 23.1 Å². The number of nitrogens with one attached hydrogen (secondary N) is 1. The predicted octanol–water partition coefficient (Wildman–Crippen LogP) is 2.83. The number of methoxy groups -OCH3 is 1. The lowest BCUT2D eigenvalue weighted by molar-refractivity contribution is -0.117. The van der Waals surface area contributed by atoms with Crippen molar-refractivity contribution >= 4 is 33.1 Å². The maximum absolute atomic E-state index is 12.6. The number of hydrogen-bond donors (Lipinski definition) is 1. The molecule has 8 heteroatoms. The monoisotopic (exact) mass is 388 g/mol. The molecule has 0 radical (unpaired) electrons. The number of carbonyl (C=O) groups is 2. The van der Waals surface area contributed by atoms with Crippen LogP contribution in [0, 0.1) is 0 Å². The van der Waals surface area contributed by atoms with Crippen LogP contribution in [0.3, 0.4) is 0 Å². The highest BCUT2D eigenvalue weighted by atomic mass is 32.2. The highest BCUT2D eigenvalue weighted by molar-refractivity contribution is 7.92. The van der Waals surface area contributed by atoms with Crippen LogP contribution >= 0.6 is 0 Å². The molecule has 2 aromatic carbocycles. The fraction of sp³-hybridized carbons (Fsp3) is 0.263. The summed E-state index contributed by atoms with van der Waals surface area (Å²) in [5.74, 6) is 0.207. The fourth-order valence-electron chi connectivity index (χ4n) is 2.96. The summed E-state index contributed by atoms with van der Waals surface area (Å²) in [5.41, 5.74) is 1.23. The molecule has 142 valence electrons. The van der Waals surface area contributed by atoms with Crippen LogP contribution in [0.5, 0.6) is 5.75 Å². The number of ketones is 1. The van der Waals surface area contributed by atoms with E-state index in [0.29, 0.717) is 35.7 Å². The number of Topliss-reactive ketones (excluding diaryl/α,β-unsaturated/α-hetero) is 1. The fourth-order valence-corrected chi connectivity index (χ4v) is 4.06. The molecule has 0 aliphatic carbocycles.